The second-order valence-electron chi connectivity index (χ2n) is 9.83. The summed E-state index contributed by atoms with van der Waals surface area (Å²) in [6.07, 6.45) is 7.00. The predicted octanol–water partition coefficient (Wildman–Crippen LogP) is 3.33. The van der Waals surface area contributed by atoms with Crippen LogP contribution in [0.4, 0.5) is 26.2 Å². The summed E-state index contributed by atoms with van der Waals surface area (Å²) in [5, 5.41) is 4.36. The number of rotatable bonds is 4. The van der Waals surface area contributed by atoms with E-state index in [1.54, 1.807) is 15.8 Å². The van der Waals surface area contributed by atoms with Gasteiger partial charge >= 0.3 is 0 Å². The first-order chi connectivity index (χ1) is 18.0. The van der Waals surface area contributed by atoms with Gasteiger partial charge in [0.15, 0.2) is 17.5 Å². The fourth-order valence-electron chi connectivity index (χ4n) is 5.72. The number of morpholine rings is 1. The molecule has 2 aromatic heterocycles. The maximum Gasteiger partial charge on any atom is 0.229 e. The van der Waals surface area contributed by atoms with Crippen LogP contribution >= 0.6 is 0 Å². The highest BCUT2D eigenvalue weighted by atomic mass is 19.2. The molecular formula is C26H29F2N7O2. The van der Waals surface area contributed by atoms with Gasteiger partial charge in [0.2, 0.25) is 11.9 Å². The summed E-state index contributed by atoms with van der Waals surface area (Å²) in [6.45, 7) is 4.04. The van der Waals surface area contributed by atoms with Crippen molar-refractivity contribution in [3.63, 3.8) is 0 Å². The molecule has 0 radical (unpaired) electrons. The minimum absolute atomic E-state index is 0.0386. The van der Waals surface area contributed by atoms with Gasteiger partial charge in [-0.05, 0) is 43.9 Å². The predicted molar refractivity (Wildman–Crippen MR) is 134 cm³/mol. The molecule has 3 fully saturated rings. The lowest BCUT2D eigenvalue weighted by atomic mass is 9.78. The molecule has 11 heteroatoms. The van der Waals surface area contributed by atoms with Gasteiger partial charge in [0.1, 0.15) is 5.82 Å². The van der Waals surface area contributed by atoms with E-state index in [-0.39, 0.29) is 5.91 Å². The number of halogens is 2. The van der Waals surface area contributed by atoms with E-state index < -0.39 is 17.2 Å². The van der Waals surface area contributed by atoms with Gasteiger partial charge in [-0.3, -0.25) is 4.79 Å². The molecule has 0 atom stereocenters. The van der Waals surface area contributed by atoms with Gasteiger partial charge in [0, 0.05) is 62.8 Å². The van der Waals surface area contributed by atoms with Crippen molar-refractivity contribution in [2.24, 2.45) is 0 Å². The molecule has 194 valence electrons. The molecule has 6 rings (SSSR count). The first kappa shape index (κ1) is 23.8. The van der Waals surface area contributed by atoms with E-state index in [1.165, 1.54) is 6.07 Å². The van der Waals surface area contributed by atoms with E-state index in [0.717, 1.165) is 43.9 Å². The number of carbonyl (C=O) groups is 1. The maximum absolute atomic E-state index is 14.1. The third-order valence-corrected chi connectivity index (χ3v) is 7.66. The Morgan fingerprint density at radius 1 is 0.892 bits per heavy atom. The van der Waals surface area contributed by atoms with E-state index in [2.05, 4.69) is 14.9 Å². The molecular weight excluding hydrogens is 480 g/mol. The molecule has 1 amide bonds. The zero-order valence-corrected chi connectivity index (χ0v) is 20.5. The molecule has 3 aromatic rings. The van der Waals surface area contributed by atoms with E-state index in [1.807, 2.05) is 18.3 Å². The van der Waals surface area contributed by atoms with Gasteiger partial charge in [-0.15, -0.1) is 0 Å². The van der Waals surface area contributed by atoms with Gasteiger partial charge in [-0.25, -0.2) is 13.5 Å². The largest absolute Gasteiger partial charge is 0.378 e. The normalized spacial score (nSPS) is 20.1. The van der Waals surface area contributed by atoms with Crippen molar-refractivity contribution in [3.05, 3.63) is 54.4 Å². The fraction of sp³-hybridized carbons (Fsp3) is 0.462. The third kappa shape index (κ3) is 4.52. The summed E-state index contributed by atoms with van der Waals surface area (Å²) in [5.41, 5.74) is -0.00397. The summed E-state index contributed by atoms with van der Waals surface area (Å²) >= 11 is 0. The lowest BCUT2D eigenvalue weighted by molar-refractivity contribution is -0.121. The Labute approximate surface area is 213 Å². The molecule has 1 aromatic carbocycles. The van der Waals surface area contributed by atoms with E-state index in [9.17, 15) is 13.6 Å². The topological polar surface area (TPSA) is 79.6 Å². The van der Waals surface area contributed by atoms with Gasteiger partial charge in [0.25, 0.3) is 0 Å². The first-order valence-electron chi connectivity index (χ1n) is 12.8. The van der Waals surface area contributed by atoms with Crippen molar-refractivity contribution in [1.82, 2.24) is 19.7 Å². The van der Waals surface area contributed by atoms with Crippen LogP contribution in [-0.2, 0) is 9.53 Å². The van der Waals surface area contributed by atoms with Gasteiger partial charge in [-0.1, -0.05) is 0 Å². The molecule has 0 N–H and O–H groups in total. The number of amides is 1. The van der Waals surface area contributed by atoms with E-state index in [0.29, 0.717) is 63.0 Å². The number of nitrogens with zero attached hydrogens (tertiary/aromatic N) is 7. The second-order valence-corrected chi connectivity index (χ2v) is 9.83. The fourth-order valence-corrected chi connectivity index (χ4v) is 5.72. The Hall–Kier alpha value is -3.60. The van der Waals surface area contributed by atoms with Crippen molar-refractivity contribution in [1.29, 1.82) is 0 Å². The van der Waals surface area contributed by atoms with Crippen LogP contribution in [0.25, 0.3) is 5.82 Å². The number of hydrogen-bond acceptors (Lipinski definition) is 7. The molecule has 3 saturated heterocycles. The maximum atomic E-state index is 14.1. The SMILES string of the molecule is O=C1CCCC2(CCN(c3cc(-n4cccn4)nc(N4CCOCC4)n3)CC2)N1c1ccc(F)c(F)c1. The Kier molecular flexibility index (Phi) is 6.23. The van der Waals surface area contributed by atoms with Crippen molar-refractivity contribution < 1.29 is 18.3 Å². The van der Waals surface area contributed by atoms with Crippen LogP contribution in [0.1, 0.15) is 32.1 Å². The summed E-state index contributed by atoms with van der Waals surface area (Å²) in [5.74, 6) is 0.244. The molecule has 0 aliphatic carbocycles. The highest BCUT2D eigenvalue weighted by Crippen LogP contribution is 2.42. The second kappa shape index (κ2) is 9.70. The molecule has 0 saturated carbocycles. The Balaban J connectivity index is 1.28. The molecule has 0 unspecified atom stereocenters. The standard InChI is InChI=1S/C26H29F2N7O2/c27-20-5-4-19(17-21(20)28)35-24(36)3-1-6-26(35)7-11-32(12-8-26)22-18-23(34-10-2-9-29-34)31-25(30-22)33-13-15-37-16-14-33/h2,4-5,9-10,17-18H,1,3,6-8,11-16H2. The Morgan fingerprint density at radius 3 is 2.41 bits per heavy atom. The Bertz CT molecular complexity index is 1270. The minimum Gasteiger partial charge on any atom is -0.378 e. The molecule has 0 bridgehead atoms. The first-order valence-corrected chi connectivity index (χ1v) is 12.8. The molecule has 1 spiro atoms. The monoisotopic (exact) mass is 509 g/mol. The molecule has 9 nitrogen and oxygen atoms in total. The van der Waals surface area contributed by atoms with Crippen LogP contribution in [0, 0.1) is 11.6 Å². The number of piperidine rings is 2. The van der Waals surface area contributed by atoms with E-state index >= 15 is 0 Å². The number of ether oxygens (including phenoxy) is 1. The lowest BCUT2D eigenvalue weighted by Gasteiger charge is -2.51. The lowest BCUT2D eigenvalue weighted by Crippen LogP contribution is -2.60. The van der Waals surface area contributed by atoms with Crippen LogP contribution in [0.5, 0.6) is 0 Å². The van der Waals surface area contributed by atoms with Gasteiger partial charge in [-0.2, -0.15) is 15.1 Å². The number of benzene rings is 1. The summed E-state index contributed by atoms with van der Waals surface area (Å²) in [7, 11) is 0. The third-order valence-electron chi connectivity index (χ3n) is 7.66. The average molecular weight is 510 g/mol. The van der Waals surface area contributed by atoms with Crippen LogP contribution in [0.2, 0.25) is 0 Å². The number of carbonyl (C=O) groups excluding carboxylic acids is 1. The summed E-state index contributed by atoms with van der Waals surface area (Å²) in [6, 6.07) is 7.54. The molecule has 5 heterocycles. The molecule has 3 aliphatic heterocycles. The molecule has 37 heavy (non-hydrogen) atoms. The van der Waals surface area contributed by atoms with Crippen LogP contribution in [-0.4, -0.2) is 70.6 Å². The number of anilines is 3. The van der Waals surface area contributed by atoms with Crippen LogP contribution in [0.15, 0.2) is 42.7 Å². The van der Waals surface area contributed by atoms with Crippen molar-refractivity contribution in [2.75, 3.05) is 54.1 Å². The number of aromatic nitrogens is 4. The van der Waals surface area contributed by atoms with Crippen LogP contribution < -0.4 is 14.7 Å². The average Bonchev–Trinajstić information content (AvgIpc) is 3.47. The quantitative estimate of drug-likeness (QED) is 0.534. The van der Waals surface area contributed by atoms with E-state index in [4.69, 9.17) is 14.7 Å². The minimum atomic E-state index is -0.939. The van der Waals surface area contributed by atoms with Crippen LogP contribution in [0.3, 0.4) is 0 Å². The Morgan fingerprint density at radius 2 is 1.68 bits per heavy atom. The summed E-state index contributed by atoms with van der Waals surface area (Å²) in [4.78, 5) is 28.8. The zero-order valence-electron chi connectivity index (χ0n) is 20.5. The highest BCUT2D eigenvalue weighted by Gasteiger charge is 2.45. The highest BCUT2D eigenvalue weighted by molar-refractivity contribution is 5.95. The zero-order chi connectivity index (χ0) is 25.4. The van der Waals surface area contributed by atoms with Crippen molar-refractivity contribution in [2.45, 2.75) is 37.6 Å². The van der Waals surface area contributed by atoms with Crippen molar-refractivity contribution in [3.8, 4) is 5.82 Å². The van der Waals surface area contributed by atoms with Gasteiger partial charge in [0.05, 0.1) is 18.8 Å². The smallest absolute Gasteiger partial charge is 0.229 e. The van der Waals surface area contributed by atoms with Crippen molar-refractivity contribution >= 4 is 23.4 Å². The number of hydrogen-bond donors (Lipinski definition) is 0. The van der Waals surface area contributed by atoms with Gasteiger partial charge < -0.3 is 19.4 Å². The molecule has 3 aliphatic rings. The summed E-state index contributed by atoms with van der Waals surface area (Å²) < 4.78 is 34.9.